The first-order valence-electron chi connectivity index (χ1n) is 17.3. The quantitative estimate of drug-likeness (QED) is 0.0199. The van der Waals surface area contributed by atoms with E-state index in [1.165, 1.54) is 72.8 Å². The Kier molecular flexibility index (Phi) is 27.7. The Hall–Kier alpha value is -5.23. The van der Waals surface area contributed by atoms with Crippen LogP contribution in [-0.4, -0.2) is 56.4 Å². The Labute approximate surface area is 439 Å². The zero-order valence-electron chi connectivity index (χ0n) is 33.8. The molecule has 3 radical (unpaired) electrons. The number of hydrogen-bond donors (Lipinski definition) is 5. The average Bonchev–Trinajstić information content (AvgIpc) is 3.24. The predicted octanol–water partition coefficient (Wildman–Crippen LogP) is 5.93. The second-order valence-electron chi connectivity index (χ2n) is 12.0. The second kappa shape index (κ2) is 30.1. The SMILES string of the molecule is C.CCO.Nc1c[c-]c(C(=O)c2[c-]cc([N+](=O)[O-])cc2)cc1.Nc1ccc2c(=O)c3ccc(O)cc3oc2c1.O=N[O-].O=c1c2ccc(O)cc2oc2cc([N+](=O)[O-])ccc12.[2HH].[Cl][Sn][Cl].[Na+].[Y]. The van der Waals surface area contributed by atoms with Crippen molar-refractivity contribution < 1.29 is 102 Å². The molecule has 0 aliphatic rings. The molecular weight excluding hydrogens is 1100 g/mol. The van der Waals surface area contributed by atoms with Gasteiger partial charge in [0, 0.05) is 75.6 Å². The summed E-state index contributed by atoms with van der Waals surface area (Å²) in [5.74, 6) is -0.283. The van der Waals surface area contributed by atoms with Crippen LogP contribution in [0.1, 0.15) is 31.7 Å². The number of rotatable bonds is 4. The second-order valence-corrected chi connectivity index (χ2v) is 16.2. The van der Waals surface area contributed by atoms with Crippen LogP contribution in [0.15, 0.2) is 133 Å². The Balaban J connectivity index is 0. The first kappa shape index (κ1) is 60.8. The summed E-state index contributed by atoms with van der Waals surface area (Å²) in [6.45, 7) is 1.93. The number of fused-ring (bicyclic) bond motifs is 4. The molecule has 0 bridgehead atoms. The van der Waals surface area contributed by atoms with Crippen LogP contribution < -0.4 is 51.9 Å². The fraction of sp³-hybridized carbons (Fsp3) is 0.0714. The number of benzene rings is 6. The van der Waals surface area contributed by atoms with Crippen molar-refractivity contribution >= 4 is 109 Å². The van der Waals surface area contributed by atoms with Gasteiger partial charge in [0.05, 0.1) is 38.3 Å². The Morgan fingerprint density at radius 2 is 1.06 bits per heavy atom. The minimum Gasteiger partial charge on any atom is 0 e. The fourth-order valence-corrected chi connectivity index (χ4v) is 5.20. The van der Waals surface area contributed by atoms with Crippen molar-refractivity contribution in [2.75, 3.05) is 18.1 Å². The van der Waals surface area contributed by atoms with E-state index >= 15 is 0 Å². The number of ketones is 1. The van der Waals surface area contributed by atoms with Gasteiger partial charge in [-0.2, -0.15) is 0 Å². The van der Waals surface area contributed by atoms with Crippen LogP contribution in [0.25, 0.3) is 43.9 Å². The number of nitrogens with two attached hydrogens (primary N) is 2. The zero-order chi connectivity index (χ0) is 46.8. The number of non-ortho nitro benzene ring substituents is 2. The molecule has 0 saturated heterocycles. The molecule has 0 atom stereocenters. The zero-order valence-corrected chi connectivity index (χ0v) is 43.0. The van der Waals surface area contributed by atoms with Crippen molar-refractivity contribution in [1.29, 1.82) is 0 Å². The normalized spacial score (nSPS) is 9.45. The van der Waals surface area contributed by atoms with Crippen molar-refractivity contribution in [2.45, 2.75) is 14.4 Å². The molecule has 0 saturated carbocycles. The number of phenolic OH excluding ortho intramolecular Hbond substituents is 2. The van der Waals surface area contributed by atoms with Gasteiger partial charge >= 0.3 is 66.3 Å². The van der Waals surface area contributed by atoms with Crippen LogP contribution in [0.3, 0.4) is 0 Å². The smallest absolute Gasteiger partial charge is 0 e. The molecule has 7 N–H and O–H groups in total. The van der Waals surface area contributed by atoms with Crippen LogP contribution in [-0.2, 0) is 32.7 Å². The summed E-state index contributed by atoms with van der Waals surface area (Å²) in [7, 11) is 9.87. The van der Waals surface area contributed by atoms with Gasteiger partial charge < -0.3 is 50.5 Å². The van der Waals surface area contributed by atoms with E-state index in [9.17, 15) is 44.8 Å². The molecule has 337 valence electrons. The first-order chi connectivity index (χ1) is 30.0. The number of aliphatic hydroxyl groups excluding tert-OH is 1. The van der Waals surface area contributed by atoms with Crippen molar-refractivity contribution in [2.24, 2.45) is 5.34 Å². The van der Waals surface area contributed by atoms with Crippen molar-refractivity contribution in [3.05, 3.63) is 183 Å². The number of aromatic hydroxyl groups is 2. The number of nitrogen functional groups attached to an aromatic ring is 2. The Morgan fingerprint density at radius 1 is 0.712 bits per heavy atom. The number of nitrogens with zero attached hydrogens (tertiary/aromatic N) is 3. The Morgan fingerprint density at radius 3 is 1.45 bits per heavy atom. The summed E-state index contributed by atoms with van der Waals surface area (Å²) in [6.07, 6.45) is 0. The van der Waals surface area contributed by atoms with E-state index in [2.05, 4.69) is 12.1 Å². The molecule has 66 heavy (non-hydrogen) atoms. The molecule has 24 heteroatoms. The molecule has 2 heterocycles. The maximum absolute atomic E-state index is 12.2. The molecule has 0 aliphatic carbocycles. The molecule has 0 fully saturated rings. The molecule has 0 aliphatic heterocycles. The molecule has 0 unspecified atom stereocenters. The Bertz CT molecular complexity index is 2960. The van der Waals surface area contributed by atoms with Gasteiger partial charge in [0.1, 0.15) is 33.8 Å². The number of nitro groups is 2. The monoisotopic (exact) mass is 1140 g/mol. The predicted molar refractivity (Wildman–Crippen MR) is 248 cm³/mol. The van der Waals surface area contributed by atoms with Crippen molar-refractivity contribution in [3.8, 4) is 11.5 Å². The number of hydrogen-bond acceptors (Lipinski definition) is 17. The third-order valence-corrected chi connectivity index (χ3v) is 7.86. The van der Waals surface area contributed by atoms with E-state index in [1.54, 1.807) is 43.3 Å². The topological polar surface area (TPSA) is 329 Å². The molecular formula is C42H36Cl2N5NaO14SnY-2. The van der Waals surface area contributed by atoms with Gasteiger partial charge in [0.25, 0.3) is 5.69 Å². The number of phenols is 2. The summed E-state index contributed by atoms with van der Waals surface area (Å²) in [5, 5.41) is 58.0. The summed E-state index contributed by atoms with van der Waals surface area (Å²) in [5.41, 5.74) is 13.2. The van der Waals surface area contributed by atoms with Crippen LogP contribution in [0.4, 0.5) is 22.7 Å². The van der Waals surface area contributed by atoms with E-state index < -0.39 is 28.7 Å². The average molecular weight is 1140 g/mol. The van der Waals surface area contributed by atoms with Gasteiger partial charge in [-0.15, -0.1) is 52.9 Å². The third kappa shape index (κ3) is 17.2. The van der Waals surface area contributed by atoms with Crippen molar-refractivity contribution in [1.82, 2.24) is 0 Å². The van der Waals surface area contributed by atoms with Gasteiger partial charge in [0.2, 0.25) is 10.9 Å². The van der Waals surface area contributed by atoms with E-state index in [0.717, 1.165) is 5.34 Å². The molecule has 2 aromatic heterocycles. The van der Waals surface area contributed by atoms with Gasteiger partial charge in [0.15, 0.2) is 5.69 Å². The molecule has 8 rings (SSSR count). The van der Waals surface area contributed by atoms with E-state index in [0.29, 0.717) is 44.3 Å². The number of carbonyl (C=O) groups excluding carboxylic acids is 1. The van der Waals surface area contributed by atoms with Crippen LogP contribution in [0, 0.1) is 42.5 Å². The minimum atomic E-state index is -0.826. The summed E-state index contributed by atoms with van der Waals surface area (Å²) in [4.78, 5) is 64.3. The molecule has 8 aromatic rings. The van der Waals surface area contributed by atoms with Gasteiger partial charge in [-0.05, 0) is 49.4 Å². The molecule has 6 aromatic carbocycles. The van der Waals surface area contributed by atoms with Gasteiger partial charge in [-0.1, -0.05) is 25.2 Å². The molecule has 0 amide bonds. The number of anilines is 2. The largest absolute Gasteiger partial charge is 1.00 e. The van der Waals surface area contributed by atoms with Crippen molar-refractivity contribution in [3.63, 3.8) is 0 Å². The third-order valence-electron chi connectivity index (χ3n) is 7.86. The summed E-state index contributed by atoms with van der Waals surface area (Å²) >= 11 is -0.826. The molecule has 19 nitrogen and oxygen atoms in total. The number of aliphatic hydroxyl groups is 1. The maximum Gasteiger partial charge on any atom is 1.00 e. The summed E-state index contributed by atoms with van der Waals surface area (Å²) < 4.78 is 11.0. The van der Waals surface area contributed by atoms with Crippen LogP contribution in [0.2, 0.25) is 0 Å². The first-order valence-corrected chi connectivity index (χ1v) is 24.6. The number of nitro benzene ring substituents is 2. The van der Waals surface area contributed by atoms with Crippen LogP contribution >= 0.6 is 17.8 Å². The van der Waals surface area contributed by atoms with Gasteiger partial charge in [-0.25, -0.2) is 0 Å². The minimum absolute atomic E-state index is 0. The number of carbonyl (C=O) groups is 1. The van der Waals surface area contributed by atoms with Crippen LogP contribution in [0.5, 0.6) is 11.5 Å². The maximum atomic E-state index is 12.2. The van der Waals surface area contributed by atoms with E-state index in [4.69, 9.17) is 53.4 Å². The van der Waals surface area contributed by atoms with E-state index in [1.807, 2.05) is 0 Å². The molecule has 0 spiro atoms. The van der Waals surface area contributed by atoms with E-state index in [-0.39, 0.29) is 139 Å². The standard InChI is InChI=1S/C13H8N2O3.C13H7NO5.C13H9NO3.C2H6O.CH4.2ClH.HNO2.Na.Sn.Y.H2/c14-11-5-1-9(2-6-11)13(16)10-3-7-12(8-4-10)15(17)18;15-8-2-4-10-12(6-8)19-11-5-7(14(17)18)1-3-9(11)13(10)16;14-7-1-3-9-11(5-7)17-12-6-8(15)2-4-10(12)13(9)16;1-2-3;;;;2-1-3;;;;/h1,3,5-8H,14H2;1-6,15H;1-6,15H,14H2;3H,2H2,1H3;1H4;2*1H;(H,2,3);;;;1H/q-2;;;;;;;;+1;+2;;/p-3/i;;;;;;;;;;;1+1. The fourth-order valence-electron chi connectivity index (χ4n) is 5.20. The van der Waals surface area contributed by atoms with Gasteiger partial charge in [-0.3, -0.25) is 29.8 Å². The summed E-state index contributed by atoms with van der Waals surface area (Å²) in [6, 6.07) is 31.1. The number of halogens is 2.